The van der Waals surface area contributed by atoms with Gasteiger partial charge in [0.2, 0.25) is 0 Å². The molecule has 0 aliphatic heterocycles. The van der Waals surface area contributed by atoms with E-state index < -0.39 is 0 Å². The van der Waals surface area contributed by atoms with E-state index in [9.17, 15) is 0 Å². The van der Waals surface area contributed by atoms with Crippen molar-refractivity contribution in [2.75, 3.05) is 42.3 Å². The van der Waals surface area contributed by atoms with E-state index in [1.54, 1.807) is 48.5 Å². The minimum atomic E-state index is 0. The van der Waals surface area contributed by atoms with E-state index in [1.807, 2.05) is 13.8 Å². The average Bonchev–Trinajstić information content (AvgIpc) is 2.55. The second-order valence-corrected chi connectivity index (χ2v) is 2.95. The Balaban J connectivity index is -0.0000000734. The summed E-state index contributed by atoms with van der Waals surface area (Å²) in [6.45, 7) is 3.94. The number of nitrogens with zero attached hydrogens (tertiary/aromatic N) is 5. The second kappa shape index (κ2) is 24.9. The first-order valence-electron chi connectivity index (χ1n) is 4.90. The Morgan fingerprint density at radius 1 is 0.882 bits per heavy atom. The molecule has 1 aromatic rings. The number of hydrogen-bond donors (Lipinski definition) is 0. The largest absolute Gasteiger partial charge is 4.00 e. The Kier molecular flexibility index (Phi) is 37.4. The fourth-order valence-corrected chi connectivity index (χ4v) is 0.374. The molecule has 5 nitrogen and oxygen atoms in total. The van der Waals surface area contributed by atoms with Crippen LogP contribution in [0.3, 0.4) is 0 Å². The molecule has 17 heavy (non-hydrogen) atoms. The molecule has 0 spiro atoms. The molecule has 0 bridgehead atoms. The minimum absolute atomic E-state index is 0. The van der Waals surface area contributed by atoms with Gasteiger partial charge in [-0.25, -0.2) is 0 Å². The third kappa shape index (κ3) is 31.3. The molecule has 1 heterocycles. The molecule has 0 saturated carbocycles. The van der Waals surface area contributed by atoms with Crippen molar-refractivity contribution in [3.63, 3.8) is 0 Å². The summed E-state index contributed by atoms with van der Waals surface area (Å²) < 4.78 is 0. The molecule has 0 amide bonds. The quantitative estimate of drug-likeness (QED) is 0.682. The molecule has 0 N–H and O–H groups in total. The molecule has 0 fully saturated rings. The molecule has 0 saturated heterocycles. The van der Waals surface area contributed by atoms with Gasteiger partial charge in [-0.2, -0.15) is 48.5 Å². The molecular formula is C11H25N5Ti. The third-order valence-electron chi connectivity index (χ3n) is 1.03. The van der Waals surface area contributed by atoms with E-state index in [0.29, 0.717) is 0 Å². The summed E-state index contributed by atoms with van der Waals surface area (Å²) in [5.74, 6) is 0. The van der Waals surface area contributed by atoms with Gasteiger partial charge in [-0.15, -0.1) is 0 Å². The monoisotopic (exact) mass is 275 g/mol. The summed E-state index contributed by atoms with van der Waals surface area (Å²) in [6.07, 6.45) is 1.76. The number of aryl methyl sites for hydroxylation is 2. The van der Waals surface area contributed by atoms with E-state index in [4.69, 9.17) is 0 Å². The summed E-state index contributed by atoms with van der Waals surface area (Å²) in [4.78, 5) is 0. The molecule has 0 unspecified atom stereocenters. The molecular weight excluding hydrogens is 250 g/mol. The van der Waals surface area contributed by atoms with Crippen LogP contribution in [0.1, 0.15) is 11.3 Å². The van der Waals surface area contributed by atoms with E-state index in [-0.39, 0.29) is 21.7 Å². The first kappa shape index (κ1) is 25.6. The molecule has 0 aliphatic carbocycles. The maximum atomic E-state index is 3.77. The van der Waals surface area contributed by atoms with E-state index in [2.05, 4.69) is 26.1 Å². The van der Waals surface area contributed by atoms with Gasteiger partial charge in [0.15, 0.2) is 0 Å². The molecule has 0 aromatic carbocycles. The molecule has 0 atom stereocenters. The van der Waals surface area contributed by atoms with Crippen molar-refractivity contribution in [1.29, 1.82) is 0 Å². The van der Waals surface area contributed by atoms with Crippen LogP contribution >= 0.6 is 0 Å². The predicted octanol–water partition coefficient (Wildman–Crippen LogP) is 2.51. The maximum Gasteiger partial charge on any atom is 4.00 e. The Labute approximate surface area is 121 Å². The fourth-order valence-electron chi connectivity index (χ4n) is 0.374. The van der Waals surface area contributed by atoms with Crippen molar-refractivity contribution in [3.8, 4) is 0 Å². The van der Waals surface area contributed by atoms with E-state index >= 15 is 0 Å². The van der Waals surface area contributed by atoms with Crippen LogP contribution in [0.15, 0.2) is 6.20 Å². The van der Waals surface area contributed by atoms with Crippen LogP contribution in [-0.4, -0.2) is 47.4 Å². The average molecular weight is 275 g/mol. The van der Waals surface area contributed by atoms with Crippen LogP contribution < -0.4 is 5.10 Å². The molecule has 0 aliphatic rings. The van der Waals surface area contributed by atoms with Crippen molar-refractivity contribution in [2.24, 2.45) is 0 Å². The molecule has 1 aromatic heterocycles. The molecule has 98 valence electrons. The molecule has 0 radical (unpaired) electrons. The Morgan fingerprint density at radius 3 is 1.24 bits per heavy atom. The van der Waals surface area contributed by atoms with Crippen LogP contribution in [0.25, 0.3) is 16.0 Å². The van der Waals surface area contributed by atoms with Gasteiger partial charge in [-0.1, -0.05) is 5.56 Å². The predicted molar refractivity (Wildman–Crippen MR) is 72.7 cm³/mol. The fraction of sp³-hybridized carbons (Fsp3) is 0.727. The van der Waals surface area contributed by atoms with Crippen molar-refractivity contribution in [2.45, 2.75) is 13.8 Å². The van der Waals surface area contributed by atoms with Gasteiger partial charge in [0.1, 0.15) is 0 Å². The van der Waals surface area contributed by atoms with Crippen LogP contribution in [0.2, 0.25) is 0 Å². The van der Waals surface area contributed by atoms with E-state index in [1.165, 1.54) is 5.56 Å². The zero-order chi connectivity index (χ0) is 13.4. The standard InChI is InChI=1S/C5H7N2.3C2H6N.Ti/c1-4-3-6-7-5(4)2;3*1-3-2;/h3H,1-2H3;3*1-2H3;/q4*-1;+4. The van der Waals surface area contributed by atoms with Gasteiger partial charge in [-0.05, 0) is 13.8 Å². The van der Waals surface area contributed by atoms with Crippen LogP contribution in [0.4, 0.5) is 0 Å². The van der Waals surface area contributed by atoms with Crippen LogP contribution in [-0.2, 0) is 21.7 Å². The molecule has 1 rings (SSSR count). The van der Waals surface area contributed by atoms with Crippen molar-refractivity contribution < 1.29 is 21.7 Å². The van der Waals surface area contributed by atoms with Crippen molar-refractivity contribution in [1.82, 2.24) is 10.2 Å². The van der Waals surface area contributed by atoms with Gasteiger partial charge in [0, 0.05) is 5.69 Å². The number of aromatic nitrogens is 2. The Bertz CT molecular complexity index is 182. The first-order valence-corrected chi connectivity index (χ1v) is 4.90. The normalized spacial score (nSPS) is 7.06. The minimum Gasteiger partial charge on any atom is -0.668 e. The number of rotatable bonds is 0. The summed E-state index contributed by atoms with van der Waals surface area (Å²) in [7, 11) is 10.5. The summed E-state index contributed by atoms with van der Waals surface area (Å²) >= 11 is 0. The first-order chi connectivity index (χ1) is 7.55. The third-order valence-corrected chi connectivity index (χ3v) is 1.03. The smallest absolute Gasteiger partial charge is 0.668 e. The van der Waals surface area contributed by atoms with Gasteiger partial charge >= 0.3 is 21.7 Å². The number of hydrogen-bond acceptors (Lipinski definition) is 1. The van der Waals surface area contributed by atoms with Crippen molar-refractivity contribution >= 4 is 0 Å². The SMILES string of the molecule is C[N-]C.C[N-]C.C[N-]C.Cc1c[n-]nc1C.[Ti+4]. The maximum absolute atomic E-state index is 3.77. The van der Waals surface area contributed by atoms with Crippen molar-refractivity contribution in [3.05, 3.63) is 33.4 Å². The van der Waals surface area contributed by atoms with Gasteiger partial charge in [-0.3, -0.25) is 0 Å². The Hall–Kier alpha value is -0.196. The van der Waals surface area contributed by atoms with Gasteiger partial charge < -0.3 is 26.1 Å². The molecule has 6 heteroatoms. The van der Waals surface area contributed by atoms with Gasteiger partial charge in [0.05, 0.1) is 0 Å². The summed E-state index contributed by atoms with van der Waals surface area (Å²) in [5, 5.41) is 17.9. The summed E-state index contributed by atoms with van der Waals surface area (Å²) in [5.41, 5.74) is 2.19. The van der Waals surface area contributed by atoms with E-state index in [0.717, 1.165) is 5.69 Å². The zero-order valence-corrected chi connectivity index (χ0v) is 13.9. The zero-order valence-electron chi connectivity index (χ0n) is 12.3. The topological polar surface area (TPSA) is 69.3 Å². The Morgan fingerprint density at radius 2 is 1.18 bits per heavy atom. The van der Waals surface area contributed by atoms with Crippen LogP contribution in [0.5, 0.6) is 0 Å². The summed E-state index contributed by atoms with van der Waals surface area (Å²) in [6, 6.07) is 0. The van der Waals surface area contributed by atoms with Crippen LogP contribution in [0, 0.1) is 13.8 Å². The second-order valence-electron chi connectivity index (χ2n) is 2.95. The van der Waals surface area contributed by atoms with Gasteiger partial charge in [0.25, 0.3) is 0 Å².